The molecule has 0 N–H and O–H groups in total. The second-order valence-electron chi connectivity index (χ2n) is 2.48. The molecule has 2 rings (SSSR count). The molecule has 0 amide bonds. The Kier molecular flexibility index (Phi) is 2.78. The summed E-state index contributed by atoms with van der Waals surface area (Å²) in [6.07, 6.45) is 0. The Balaban J connectivity index is 2.54. The van der Waals surface area contributed by atoms with Gasteiger partial charge in [0.15, 0.2) is 11.5 Å². The van der Waals surface area contributed by atoms with Crippen molar-refractivity contribution in [3.63, 3.8) is 0 Å². The van der Waals surface area contributed by atoms with E-state index in [-0.39, 0.29) is 9.03 Å². The molecular formula is C7H5ClO4P2. The lowest BCUT2D eigenvalue weighted by Gasteiger charge is -2.04. The van der Waals surface area contributed by atoms with E-state index in [1.807, 2.05) is 0 Å². The normalized spacial score (nSPS) is 14.4. The van der Waals surface area contributed by atoms with Crippen LogP contribution in [0.15, 0.2) is 12.1 Å². The van der Waals surface area contributed by atoms with Crippen molar-refractivity contribution in [3.8, 4) is 17.2 Å². The molecule has 1 aromatic carbocycles. The third-order valence-electron chi connectivity index (χ3n) is 1.67. The van der Waals surface area contributed by atoms with Gasteiger partial charge in [-0.3, -0.25) is 4.79 Å². The standard InChI is InChI=1S/C7H5ClO4P2/c8-7(9)3-1-4(10-13)6-5(2-3)11-14-12-6/h1-2,14H,13H2. The van der Waals surface area contributed by atoms with Gasteiger partial charge >= 0.3 is 0 Å². The van der Waals surface area contributed by atoms with Gasteiger partial charge in [-0.1, -0.05) is 0 Å². The predicted octanol–water partition coefficient (Wildman–Crippen LogP) is 2.51. The Morgan fingerprint density at radius 3 is 2.93 bits per heavy atom. The van der Waals surface area contributed by atoms with E-state index in [9.17, 15) is 4.79 Å². The van der Waals surface area contributed by atoms with E-state index in [1.165, 1.54) is 12.1 Å². The van der Waals surface area contributed by atoms with Gasteiger partial charge in [-0.05, 0) is 23.7 Å². The number of hydrogen-bond acceptors (Lipinski definition) is 4. The zero-order valence-corrected chi connectivity index (χ0v) is 9.65. The Bertz CT molecular complexity index is 396. The summed E-state index contributed by atoms with van der Waals surface area (Å²) in [6, 6.07) is 3.03. The van der Waals surface area contributed by atoms with Crippen molar-refractivity contribution in [2.75, 3.05) is 0 Å². The topological polar surface area (TPSA) is 44.8 Å². The molecule has 2 atom stereocenters. The first-order valence-electron chi connectivity index (χ1n) is 3.55. The lowest BCUT2D eigenvalue weighted by atomic mass is 10.2. The molecule has 1 aliphatic heterocycles. The van der Waals surface area contributed by atoms with Crippen LogP contribution >= 0.6 is 30.1 Å². The van der Waals surface area contributed by atoms with Crippen LogP contribution in [0, 0.1) is 0 Å². The van der Waals surface area contributed by atoms with Gasteiger partial charge in [-0.15, -0.1) is 0 Å². The molecule has 4 nitrogen and oxygen atoms in total. The number of rotatable bonds is 2. The summed E-state index contributed by atoms with van der Waals surface area (Å²) in [5, 5.41) is -0.560. The molecule has 0 saturated carbocycles. The zero-order valence-electron chi connectivity index (χ0n) is 6.74. The van der Waals surface area contributed by atoms with E-state index in [0.29, 0.717) is 22.8 Å². The third kappa shape index (κ3) is 1.66. The fraction of sp³-hybridized carbons (Fsp3) is 0. The summed E-state index contributed by atoms with van der Waals surface area (Å²) < 4.78 is 15.3. The van der Waals surface area contributed by atoms with Crippen molar-refractivity contribution in [2.24, 2.45) is 0 Å². The summed E-state index contributed by atoms with van der Waals surface area (Å²) >= 11 is 5.34. The molecule has 0 spiro atoms. The van der Waals surface area contributed by atoms with Crippen LogP contribution in [0.3, 0.4) is 0 Å². The van der Waals surface area contributed by atoms with Gasteiger partial charge in [0.1, 0.15) is 0 Å². The molecule has 0 bridgehead atoms. The molecule has 0 aromatic heterocycles. The van der Waals surface area contributed by atoms with Crippen molar-refractivity contribution in [2.45, 2.75) is 0 Å². The van der Waals surface area contributed by atoms with Crippen LogP contribution in [0.25, 0.3) is 0 Å². The summed E-state index contributed by atoms with van der Waals surface area (Å²) in [4.78, 5) is 10.9. The van der Waals surface area contributed by atoms with Crippen LogP contribution in [-0.2, 0) is 0 Å². The van der Waals surface area contributed by atoms with Crippen LogP contribution < -0.4 is 13.6 Å². The number of fused-ring (bicyclic) bond motifs is 1. The zero-order chi connectivity index (χ0) is 10.1. The Morgan fingerprint density at radius 1 is 1.50 bits per heavy atom. The molecule has 2 unspecified atom stereocenters. The number of hydrogen-bond donors (Lipinski definition) is 0. The smallest absolute Gasteiger partial charge is 0.275 e. The van der Waals surface area contributed by atoms with Gasteiger partial charge in [0.2, 0.25) is 5.75 Å². The second-order valence-corrected chi connectivity index (χ2v) is 3.63. The van der Waals surface area contributed by atoms with Crippen LogP contribution in [0.1, 0.15) is 10.4 Å². The Morgan fingerprint density at radius 2 is 2.29 bits per heavy atom. The molecule has 0 fully saturated rings. The van der Waals surface area contributed by atoms with Crippen molar-refractivity contribution < 1.29 is 18.4 Å². The second kappa shape index (κ2) is 3.90. The highest BCUT2D eigenvalue weighted by atomic mass is 35.5. The van der Waals surface area contributed by atoms with Crippen LogP contribution in [0.2, 0.25) is 0 Å². The fourth-order valence-corrected chi connectivity index (χ4v) is 1.91. The SMILES string of the molecule is O=C(Cl)c1cc(OP)c2c(c1)OPO2. The number of carbonyl (C=O) groups excluding carboxylic acids is 1. The third-order valence-corrected chi connectivity index (χ3v) is 2.73. The maximum absolute atomic E-state index is 10.9. The van der Waals surface area contributed by atoms with Crippen molar-refractivity contribution in [3.05, 3.63) is 17.7 Å². The minimum absolute atomic E-state index is 0.108. The highest BCUT2D eigenvalue weighted by Crippen LogP contribution is 2.49. The number of carbonyl (C=O) groups is 1. The highest BCUT2D eigenvalue weighted by Gasteiger charge is 2.22. The average molecular weight is 251 g/mol. The largest absolute Gasteiger partial charge is 0.476 e. The van der Waals surface area contributed by atoms with Gasteiger partial charge in [0.25, 0.3) is 14.3 Å². The van der Waals surface area contributed by atoms with E-state index in [0.717, 1.165) is 0 Å². The predicted molar refractivity (Wildman–Crippen MR) is 56.5 cm³/mol. The molecule has 14 heavy (non-hydrogen) atoms. The summed E-state index contributed by atoms with van der Waals surface area (Å²) in [6.45, 7) is 0. The van der Waals surface area contributed by atoms with Crippen LogP contribution in [0.5, 0.6) is 17.2 Å². The van der Waals surface area contributed by atoms with Crippen LogP contribution in [-0.4, -0.2) is 5.24 Å². The summed E-state index contributed by atoms with van der Waals surface area (Å²) in [7, 11) is 1.97. The molecule has 1 aromatic rings. The molecule has 1 heterocycles. The molecule has 74 valence electrons. The van der Waals surface area contributed by atoms with E-state index < -0.39 is 5.24 Å². The van der Waals surface area contributed by atoms with E-state index in [2.05, 4.69) is 9.47 Å². The summed E-state index contributed by atoms with van der Waals surface area (Å²) in [5.41, 5.74) is 0.318. The first-order chi connectivity index (χ1) is 6.72. The molecular weight excluding hydrogens is 245 g/mol. The van der Waals surface area contributed by atoms with E-state index in [1.54, 1.807) is 0 Å². The lowest BCUT2D eigenvalue weighted by Crippen LogP contribution is -1.90. The lowest BCUT2D eigenvalue weighted by molar-refractivity contribution is 0.108. The van der Waals surface area contributed by atoms with E-state index >= 15 is 0 Å². The first kappa shape index (κ1) is 9.97. The minimum Gasteiger partial charge on any atom is -0.476 e. The van der Waals surface area contributed by atoms with Gasteiger partial charge < -0.3 is 13.6 Å². The maximum Gasteiger partial charge on any atom is 0.275 e. The first-order valence-corrected chi connectivity index (χ1v) is 5.22. The number of halogens is 1. The molecule has 1 aliphatic rings. The fourth-order valence-electron chi connectivity index (χ4n) is 1.06. The average Bonchev–Trinajstić information content (AvgIpc) is 2.63. The molecule has 0 aliphatic carbocycles. The highest BCUT2D eigenvalue weighted by molar-refractivity contribution is 7.27. The van der Waals surface area contributed by atoms with E-state index in [4.69, 9.17) is 25.2 Å². The quantitative estimate of drug-likeness (QED) is 0.598. The van der Waals surface area contributed by atoms with Crippen molar-refractivity contribution >= 4 is 35.3 Å². The molecule has 7 heteroatoms. The van der Waals surface area contributed by atoms with Gasteiger partial charge in [0.05, 0.1) is 9.47 Å². The van der Waals surface area contributed by atoms with Crippen molar-refractivity contribution in [1.29, 1.82) is 0 Å². The summed E-state index contributed by atoms with van der Waals surface area (Å²) in [5.74, 6) is 1.40. The monoisotopic (exact) mass is 250 g/mol. The van der Waals surface area contributed by atoms with Gasteiger partial charge in [-0.25, -0.2) is 0 Å². The molecule has 0 saturated heterocycles. The Labute approximate surface area is 89.1 Å². The maximum atomic E-state index is 10.9. The van der Waals surface area contributed by atoms with Gasteiger partial charge in [0, 0.05) is 5.56 Å². The van der Waals surface area contributed by atoms with Gasteiger partial charge in [-0.2, -0.15) is 0 Å². The Hall–Kier alpha value is -0.560. The van der Waals surface area contributed by atoms with Crippen LogP contribution in [0.4, 0.5) is 0 Å². The van der Waals surface area contributed by atoms with Crippen molar-refractivity contribution in [1.82, 2.24) is 0 Å². The minimum atomic E-state index is -0.560. The number of benzene rings is 1. The molecule has 0 radical (unpaired) electrons.